The zero-order chi connectivity index (χ0) is 10.7. The van der Waals surface area contributed by atoms with E-state index in [-0.39, 0.29) is 6.10 Å². The predicted octanol–water partition coefficient (Wildman–Crippen LogP) is 1.26. The Hall–Kier alpha value is -0.660. The molecule has 1 fully saturated rings. The van der Waals surface area contributed by atoms with Gasteiger partial charge in [0.1, 0.15) is 5.51 Å². The summed E-state index contributed by atoms with van der Waals surface area (Å²) in [6.07, 6.45) is 0.824. The third-order valence-corrected chi connectivity index (χ3v) is 4.11. The molecule has 82 valence electrons. The summed E-state index contributed by atoms with van der Waals surface area (Å²) in [5.74, 6) is -0.114. The Morgan fingerprint density at radius 3 is 3.20 bits per heavy atom. The van der Waals surface area contributed by atoms with Gasteiger partial charge < -0.3 is 9.84 Å². The van der Waals surface area contributed by atoms with Crippen molar-refractivity contribution in [1.29, 1.82) is 0 Å². The van der Waals surface area contributed by atoms with Crippen molar-refractivity contribution in [1.82, 2.24) is 10.2 Å². The molecule has 0 aromatic carbocycles. The summed E-state index contributed by atoms with van der Waals surface area (Å²) in [4.78, 5) is 10.6. The monoisotopic (exact) mass is 246 g/mol. The Morgan fingerprint density at radius 2 is 2.60 bits per heavy atom. The van der Waals surface area contributed by atoms with E-state index >= 15 is 0 Å². The van der Waals surface area contributed by atoms with Gasteiger partial charge in [-0.3, -0.25) is 0 Å². The fourth-order valence-electron chi connectivity index (χ4n) is 1.40. The summed E-state index contributed by atoms with van der Waals surface area (Å²) in [7, 11) is 0. The lowest BCUT2D eigenvalue weighted by Gasteiger charge is -2.08. The molecule has 5 nitrogen and oxygen atoms in total. The Balaban J connectivity index is 1.75. The van der Waals surface area contributed by atoms with Crippen LogP contribution in [0.5, 0.6) is 0 Å². The highest BCUT2D eigenvalue weighted by molar-refractivity contribution is 8.01. The van der Waals surface area contributed by atoms with Gasteiger partial charge in [0.2, 0.25) is 0 Å². The summed E-state index contributed by atoms with van der Waals surface area (Å²) >= 11 is 3.05. The third-order valence-electron chi connectivity index (χ3n) is 2.12. The largest absolute Gasteiger partial charge is 0.479 e. The van der Waals surface area contributed by atoms with Crippen molar-refractivity contribution in [3.63, 3.8) is 0 Å². The topological polar surface area (TPSA) is 72.3 Å². The zero-order valence-electron chi connectivity index (χ0n) is 7.83. The van der Waals surface area contributed by atoms with E-state index in [2.05, 4.69) is 10.2 Å². The molecule has 2 atom stereocenters. The Kier molecular flexibility index (Phi) is 3.55. The van der Waals surface area contributed by atoms with Crippen molar-refractivity contribution >= 4 is 29.1 Å². The lowest BCUT2D eigenvalue weighted by atomic mass is 10.2. The number of aliphatic carboxylic acids is 1. The van der Waals surface area contributed by atoms with Gasteiger partial charge in [0.15, 0.2) is 10.4 Å². The van der Waals surface area contributed by atoms with Crippen molar-refractivity contribution in [2.24, 2.45) is 0 Å². The first-order valence-corrected chi connectivity index (χ1v) is 6.39. The highest BCUT2D eigenvalue weighted by atomic mass is 32.2. The SMILES string of the molecule is O=C(O)C1CCC(CSc2nncs2)O1. The van der Waals surface area contributed by atoms with E-state index in [1.165, 1.54) is 11.3 Å². The van der Waals surface area contributed by atoms with Crippen LogP contribution < -0.4 is 0 Å². The van der Waals surface area contributed by atoms with E-state index in [4.69, 9.17) is 9.84 Å². The van der Waals surface area contributed by atoms with Gasteiger partial charge in [-0.2, -0.15) is 0 Å². The van der Waals surface area contributed by atoms with Crippen LogP contribution in [0.25, 0.3) is 0 Å². The number of hydrogen-bond donors (Lipinski definition) is 1. The van der Waals surface area contributed by atoms with Gasteiger partial charge >= 0.3 is 5.97 Å². The first-order chi connectivity index (χ1) is 7.25. The zero-order valence-corrected chi connectivity index (χ0v) is 9.46. The van der Waals surface area contributed by atoms with Gasteiger partial charge in [-0.25, -0.2) is 4.79 Å². The number of aromatic nitrogens is 2. The minimum Gasteiger partial charge on any atom is -0.479 e. The number of thioether (sulfide) groups is 1. The average molecular weight is 246 g/mol. The molecule has 1 saturated heterocycles. The second-order valence-electron chi connectivity index (χ2n) is 3.18. The predicted molar refractivity (Wildman–Crippen MR) is 56.2 cm³/mol. The molecule has 0 saturated carbocycles. The molecular formula is C8H10N2O3S2. The molecule has 1 N–H and O–H groups in total. The fraction of sp³-hybridized carbons (Fsp3) is 0.625. The summed E-state index contributed by atoms with van der Waals surface area (Å²) in [6.45, 7) is 0. The number of rotatable bonds is 4. The van der Waals surface area contributed by atoms with Crippen molar-refractivity contribution in [3.8, 4) is 0 Å². The highest BCUT2D eigenvalue weighted by Crippen LogP contribution is 2.27. The van der Waals surface area contributed by atoms with E-state index in [1.54, 1.807) is 17.3 Å². The van der Waals surface area contributed by atoms with Gasteiger partial charge in [-0.15, -0.1) is 10.2 Å². The average Bonchev–Trinajstić information content (AvgIpc) is 2.86. The lowest BCUT2D eigenvalue weighted by Crippen LogP contribution is -2.21. The van der Waals surface area contributed by atoms with Crippen LogP contribution in [0.2, 0.25) is 0 Å². The van der Waals surface area contributed by atoms with Crippen LogP contribution in [-0.4, -0.2) is 39.2 Å². The maximum atomic E-state index is 10.6. The standard InChI is InChI=1S/C8H10N2O3S2/c11-7(12)6-2-1-5(13-6)3-14-8-10-9-4-15-8/h4-6H,1-3H2,(H,11,12). The molecule has 1 aliphatic heterocycles. The van der Waals surface area contributed by atoms with Crippen molar-refractivity contribution in [2.75, 3.05) is 5.75 Å². The van der Waals surface area contributed by atoms with Gasteiger partial charge in [-0.1, -0.05) is 23.1 Å². The van der Waals surface area contributed by atoms with Crippen LogP contribution in [0.4, 0.5) is 0 Å². The molecular weight excluding hydrogens is 236 g/mol. The maximum absolute atomic E-state index is 10.6. The fourth-order valence-corrected chi connectivity index (χ4v) is 2.96. The smallest absolute Gasteiger partial charge is 0.332 e. The molecule has 1 aliphatic rings. The van der Waals surface area contributed by atoms with Gasteiger partial charge in [0.25, 0.3) is 0 Å². The number of carboxylic acids is 1. The highest BCUT2D eigenvalue weighted by Gasteiger charge is 2.30. The van der Waals surface area contributed by atoms with Gasteiger partial charge in [-0.05, 0) is 12.8 Å². The van der Waals surface area contributed by atoms with E-state index in [0.717, 1.165) is 16.5 Å². The minimum absolute atomic E-state index is 0.0278. The molecule has 2 heterocycles. The molecule has 1 aromatic rings. The molecule has 0 radical (unpaired) electrons. The van der Waals surface area contributed by atoms with Gasteiger partial charge in [0, 0.05) is 5.75 Å². The Morgan fingerprint density at radius 1 is 1.73 bits per heavy atom. The number of carbonyl (C=O) groups is 1. The second kappa shape index (κ2) is 4.91. The number of hydrogen-bond acceptors (Lipinski definition) is 6. The van der Waals surface area contributed by atoms with E-state index in [9.17, 15) is 4.79 Å². The van der Waals surface area contributed by atoms with Crippen LogP contribution in [0.3, 0.4) is 0 Å². The first kappa shape index (κ1) is 10.8. The molecule has 2 rings (SSSR count). The minimum atomic E-state index is -0.863. The molecule has 0 aliphatic carbocycles. The lowest BCUT2D eigenvalue weighted by molar-refractivity contribution is -0.148. The van der Waals surface area contributed by atoms with Crippen molar-refractivity contribution in [2.45, 2.75) is 29.4 Å². The first-order valence-electron chi connectivity index (χ1n) is 4.53. The van der Waals surface area contributed by atoms with Crippen molar-refractivity contribution in [3.05, 3.63) is 5.51 Å². The van der Waals surface area contributed by atoms with Crippen LogP contribution >= 0.6 is 23.1 Å². The molecule has 0 spiro atoms. The van der Waals surface area contributed by atoms with Crippen LogP contribution in [0.15, 0.2) is 9.85 Å². The maximum Gasteiger partial charge on any atom is 0.332 e. The van der Waals surface area contributed by atoms with Crippen LogP contribution in [0, 0.1) is 0 Å². The number of ether oxygens (including phenoxy) is 1. The summed E-state index contributed by atoms with van der Waals surface area (Å²) < 4.78 is 6.26. The second-order valence-corrected chi connectivity index (χ2v) is 5.28. The molecule has 0 amide bonds. The number of nitrogens with zero attached hydrogens (tertiary/aromatic N) is 2. The quantitative estimate of drug-likeness (QED) is 0.806. The molecule has 1 aromatic heterocycles. The van der Waals surface area contributed by atoms with Crippen LogP contribution in [-0.2, 0) is 9.53 Å². The van der Waals surface area contributed by atoms with Crippen LogP contribution in [0.1, 0.15) is 12.8 Å². The summed E-state index contributed by atoms with van der Waals surface area (Å²) in [5.41, 5.74) is 1.68. The number of carboxylic acid groups (broad SMARTS) is 1. The normalized spacial score (nSPS) is 25.6. The third kappa shape index (κ3) is 2.90. The molecule has 2 unspecified atom stereocenters. The van der Waals surface area contributed by atoms with Crippen molar-refractivity contribution < 1.29 is 14.6 Å². The van der Waals surface area contributed by atoms with Gasteiger partial charge in [0.05, 0.1) is 6.10 Å². The molecule has 15 heavy (non-hydrogen) atoms. The Labute approximate surface area is 94.9 Å². The molecule has 7 heteroatoms. The summed E-state index contributed by atoms with van der Waals surface area (Å²) in [6, 6.07) is 0. The van der Waals surface area contributed by atoms with E-state index < -0.39 is 12.1 Å². The molecule has 0 bridgehead atoms. The summed E-state index contributed by atoms with van der Waals surface area (Å²) in [5, 5.41) is 16.3. The Bertz CT molecular complexity index is 331. The van der Waals surface area contributed by atoms with E-state index in [0.29, 0.717) is 6.42 Å². The van der Waals surface area contributed by atoms with E-state index in [1.807, 2.05) is 0 Å².